The SMILES string of the molecule is CCCCCCCCCCCCOC(=O)[C@@H]1CCCN1C(=O)OCC. The summed E-state index contributed by atoms with van der Waals surface area (Å²) in [6.45, 7) is 5.38. The minimum Gasteiger partial charge on any atom is -0.464 e. The summed E-state index contributed by atoms with van der Waals surface area (Å²) >= 11 is 0. The number of carbonyl (C=O) groups excluding carboxylic acids is 2. The molecule has 1 fully saturated rings. The Kier molecular flexibility index (Phi) is 12.2. The van der Waals surface area contributed by atoms with Gasteiger partial charge in [0.15, 0.2) is 0 Å². The van der Waals surface area contributed by atoms with E-state index in [-0.39, 0.29) is 5.97 Å². The summed E-state index contributed by atoms with van der Waals surface area (Å²) in [4.78, 5) is 25.5. The van der Waals surface area contributed by atoms with Crippen molar-refractivity contribution in [1.82, 2.24) is 4.90 Å². The zero-order valence-corrected chi connectivity index (χ0v) is 16.3. The highest BCUT2D eigenvalue weighted by atomic mass is 16.6. The molecule has 1 atom stereocenters. The first-order valence-corrected chi connectivity index (χ1v) is 10.3. The normalized spacial score (nSPS) is 16.9. The molecule has 1 aliphatic heterocycles. The number of carbonyl (C=O) groups is 2. The topological polar surface area (TPSA) is 55.8 Å². The minimum atomic E-state index is -0.456. The van der Waals surface area contributed by atoms with Crippen LogP contribution in [0.2, 0.25) is 0 Å². The molecule has 25 heavy (non-hydrogen) atoms. The highest BCUT2D eigenvalue weighted by Gasteiger charge is 2.36. The number of ether oxygens (including phenoxy) is 2. The predicted molar refractivity (Wildman–Crippen MR) is 99.6 cm³/mol. The van der Waals surface area contributed by atoms with Gasteiger partial charge in [-0.25, -0.2) is 9.59 Å². The fourth-order valence-corrected chi connectivity index (χ4v) is 3.30. The molecular weight excluding hydrogens is 318 g/mol. The van der Waals surface area contributed by atoms with Crippen LogP contribution in [-0.4, -0.2) is 42.8 Å². The van der Waals surface area contributed by atoms with Gasteiger partial charge >= 0.3 is 12.1 Å². The van der Waals surface area contributed by atoms with Gasteiger partial charge in [0.1, 0.15) is 6.04 Å². The van der Waals surface area contributed by atoms with Crippen LogP contribution in [0.5, 0.6) is 0 Å². The first-order chi connectivity index (χ1) is 12.2. The molecule has 0 aromatic carbocycles. The molecule has 5 heteroatoms. The summed E-state index contributed by atoms with van der Waals surface area (Å²) in [5.74, 6) is -0.276. The second kappa shape index (κ2) is 14.0. The highest BCUT2D eigenvalue weighted by Crippen LogP contribution is 2.19. The number of nitrogens with zero attached hydrogens (tertiary/aromatic N) is 1. The van der Waals surface area contributed by atoms with Crippen LogP contribution in [0.3, 0.4) is 0 Å². The third-order valence-corrected chi connectivity index (χ3v) is 4.77. The van der Waals surface area contributed by atoms with Gasteiger partial charge in [-0.05, 0) is 26.2 Å². The summed E-state index contributed by atoms with van der Waals surface area (Å²) in [5.41, 5.74) is 0. The summed E-state index contributed by atoms with van der Waals surface area (Å²) < 4.78 is 10.4. The standard InChI is InChI=1S/C20H37NO4/c1-3-5-6-7-8-9-10-11-12-13-17-25-19(22)18-15-14-16-21(18)20(23)24-4-2/h18H,3-17H2,1-2H3/t18-/m0/s1. The lowest BCUT2D eigenvalue weighted by molar-refractivity contribution is -0.148. The lowest BCUT2D eigenvalue weighted by atomic mass is 10.1. The Labute approximate surface area is 153 Å². The molecule has 0 aliphatic carbocycles. The predicted octanol–water partition coefficient (Wildman–Crippen LogP) is 5.07. The lowest BCUT2D eigenvalue weighted by Crippen LogP contribution is -2.41. The average molecular weight is 356 g/mol. The zero-order chi connectivity index (χ0) is 18.3. The Morgan fingerprint density at radius 1 is 0.880 bits per heavy atom. The van der Waals surface area contributed by atoms with Crippen LogP contribution in [0, 0.1) is 0 Å². The Morgan fingerprint density at radius 2 is 1.48 bits per heavy atom. The maximum Gasteiger partial charge on any atom is 0.410 e. The zero-order valence-electron chi connectivity index (χ0n) is 16.3. The van der Waals surface area contributed by atoms with Gasteiger partial charge in [0.25, 0.3) is 0 Å². The van der Waals surface area contributed by atoms with Crippen LogP contribution in [0.25, 0.3) is 0 Å². The van der Waals surface area contributed by atoms with Crippen LogP contribution < -0.4 is 0 Å². The Bertz CT molecular complexity index is 373. The van der Waals surface area contributed by atoms with Gasteiger partial charge in [0.2, 0.25) is 0 Å². The van der Waals surface area contributed by atoms with Crippen LogP contribution in [0.15, 0.2) is 0 Å². The third kappa shape index (κ3) is 9.13. The molecule has 0 spiro atoms. The van der Waals surface area contributed by atoms with E-state index in [0.29, 0.717) is 26.2 Å². The third-order valence-electron chi connectivity index (χ3n) is 4.77. The number of rotatable bonds is 13. The molecule has 0 unspecified atom stereocenters. The van der Waals surface area contributed by atoms with Gasteiger partial charge in [-0.2, -0.15) is 0 Å². The Balaban J connectivity index is 2.02. The monoisotopic (exact) mass is 355 g/mol. The van der Waals surface area contributed by atoms with Crippen molar-refractivity contribution in [3.05, 3.63) is 0 Å². The number of unbranched alkanes of at least 4 members (excludes halogenated alkanes) is 9. The van der Waals surface area contributed by atoms with Crippen molar-refractivity contribution >= 4 is 12.1 Å². The maximum absolute atomic E-state index is 12.2. The summed E-state index contributed by atoms with van der Waals surface area (Å²) in [7, 11) is 0. The van der Waals surface area contributed by atoms with Gasteiger partial charge in [-0.1, -0.05) is 64.7 Å². The van der Waals surface area contributed by atoms with Gasteiger partial charge in [0.05, 0.1) is 13.2 Å². The first-order valence-electron chi connectivity index (χ1n) is 10.3. The molecule has 1 heterocycles. The molecule has 1 saturated heterocycles. The van der Waals surface area contributed by atoms with E-state index in [4.69, 9.17) is 9.47 Å². The molecule has 146 valence electrons. The maximum atomic E-state index is 12.2. The number of likely N-dealkylation sites (tertiary alicyclic amines) is 1. The second-order valence-corrected chi connectivity index (χ2v) is 6.90. The van der Waals surface area contributed by atoms with E-state index in [0.717, 1.165) is 19.3 Å². The van der Waals surface area contributed by atoms with E-state index in [9.17, 15) is 9.59 Å². The molecule has 0 bridgehead atoms. The van der Waals surface area contributed by atoms with Crippen molar-refractivity contribution in [2.24, 2.45) is 0 Å². The van der Waals surface area contributed by atoms with Crippen LogP contribution in [-0.2, 0) is 14.3 Å². The quantitative estimate of drug-likeness (QED) is 0.342. The minimum absolute atomic E-state index is 0.276. The molecule has 1 rings (SSSR count). The largest absolute Gasteiger partial charge is 0.464 e. The molecule has 1 aliphatic rings. The van der Waals surface area contributed by atoms with Crippen molar-refractivity contribution in [2.75, 3.05) is 19.8 Å². The second-order valence-electron chi connectivity index (χ2n) is 6.90. The molecule has 0 saturated carbocycles. The first kappa shape index (κ1) is 21.8. The average Bonchev–Trinajstić information content (AvgIpc) is 3.09. The molecule has 0 aromatic rings. The van der Waals surface area contributed by atoms with Crippen molar-refractivity contribution in [2.45, 2.75) is 96.9 Å². The van der Waals surface area contributed by atoms with E-state index in [2.05, 4.69) is 6.92 Å². The summed E-state index contributed by atoms with van der Waals surface area (Å²) in [6.07, 6.45) is 13.7. The van der Waals surface area contributed by atoms with Crippen LogP contribution >= 0.6 is 0 Å². The fraction of sp³-hybridized carbons (Fsp3) is 0.900. The van der Waals surface area contributed by atoms with E-state index in [1.807, 2.05) is 0 Å². The molecule has 0 radical (unpaired) electrons. The lowest BCUT2D eigenvalue weighted by Gasteiger charge is -2.22. The Morgan fingerprint density at radius 3 is 2.08 bits per heavy atom. The van der Waals surface area contributed by atoms with Gasteiger partial charge in [-0.15, -0.1) is 0 Å². The van der Waals surface area contributed by atoms with Crippen molar-refractivity contribution < 1.29 is 19.1 Å². The van der Waals surface area contributed by atoms with Gasteiger partial charge in [-0.3, -0.25) is 4.90 Å². The number of hydrogen-bond acceptors (Lipinski definition) is 4. The Hall–Kier alpha value is -1.26. The molecule has 0 aromatic heterocycles. The molecule has 5 nitrogen and oxygen atoms in total. The highest BCUT2D eigenvalue weighted by molar-refractivity contribution is 5.82. The summed E-state index contributed by atoms with van der Waals surface area (Å²) in [6, 6.07) is -0.456. The molecule has 1 amide bonds. The molecular formula is C20H37NO4. The number of hydrogen-bond donors (Lipinski definition) is 0. The van der Waals surface area contributed by atoms with Crippen molar-refractivity contribution in [3.8, 4) is 0 Å². The van der Waals surface area contributed by atoms with Crippen molar-refractivity contribution in [3.63, 3.8) is 0 Å². The van der Waals surface area contributed by atoms with Crippen LogP contribution in [0.1, 0.15) is 90.9 Å². The smallest absolute Gasteiger partial charge is 0.410 e. The summed E-state index contributed by atoms with van der Waals surface area (Å²) in [5, 5.41) is 0. The number of amides is 1. The fourth-order valence-electron chi connectivity index (χ4n) is 3.30. The van der Waals surface area contributed by atoms with E-state index in [1.54, 1.807) is 6.92 Å². The van der Waals surface area contributed by atoms with E-state index < -0.39 is 12.1 Å². The van der Waals surface area contributed by atoms with Crippen molar-refractivity contribution in [1.29, 1.82) is 0 Å². The van der Waals surface area contributed by atoms with E-state index >= 15 is 0 Å². The van der Waals surface area contributed by atoms with E-state index in [1.165, 1.54) is 56.3 Å². The number of esters is 1. The van der Waals surface area contributed by atoms with Gasteiger partial charge in [0, 0.05) is 6.54 Å². The molecule has 0 N–H and O–H groups in total. The van der Waals surface area contributed by atoms with Crippen LogP contribution in [0.4, 0.5) is 4.79 Å². The van der Waals surface area contributed by atoms with Gasteiger partial charge < -0.3 is 9.47 Å².